The highest BCUT2D eigenvalue weighted by atomic mass is 19.4. The fraction of sp³-hybridized carbons (Fsp3) is 0.833. The predicted molar refractivity (Wildman–Crippen MR) is 67.3 cm³/mol. The van der Waals surface area contributed by atoms with Crippen LogP contribution in [0.15, 0.2) is 0 Å². The van der Waals surface area contributed by atoms with Crippen molar-refractivity contribution >= 4 is 12.0 Å². The van der Waals surface area contributed by atoms with Crippen molar-refractivity contribution in [3.63, 3.8) is 0 Å². The quantitative estimate of drug-likeness (QED) is 0.758. The van der Waals surface area contributed by atoms with E-state index >= 15 is 0 Å². The number of halogens is 3. The Morgan fingerprint density at radius 2 is 1.85 bits per heavy atom. The molecule has 0 aliphatic rings. The molecule has 118 valence electrons. The fourth-order valence-electron chi connectivity index (χ4n) is 1.71. The lowest BCUT2D eigenvalue weighted by atomic mass is 9.97. The van der Waals surface area contributed by atoms with Crippen LogP contribution < -0.4 is 5.32 Å². The minimum Gasteiger partial charge on any atom is -0.481 e. The van der Waals surface area contributed by atoms with Crippen LogP contribution in [0.3, 0.4) is 0 Å². The average Bonchev–Trinajstić information content (AvgIpc) is 2.29. The Morgan fingerprint density at radius 1 is 1.30 bits per heavy atom. The lowest BCUT2D eigenvalue weighted by molar-refractivity contribution is -0.143. The summed E-state index contributed by atoms with van der Waals surface area (Å²) in [4.78, 5) is 23.1. The van der Waals surface area contributed by atoms with Gasteiger partial charge in [0.1, 0.15) is 6.54 Å². The summed E-state index contributed by atoms with van der Waals surface area (Å²) in [7, 11) is 0. The van der Waals surface area contributed by atoms with Crippen LogP contribution in [0.4, 0.5) is 18.0 Å². The minimum absolute atomic E-state index is 0.104. The van der Waals surface area contributed by atoms with Gasteiger partial charge in [-0.15, -0.1) is 0 Å². The molecule has 0 aromatic heterocycles. The molecule has 2 N–H and O–H groups in total. The molecule has 20 heavy (non-hydrogen) atoms. The smallest absolute Gasteiger partial charge is 0.406 e. The number of nitrogens with one attached hydrogen (secondary N) is 1. The number of amides is 2. The maximum absolute atomic E-state index is 12.2. The van der Waals surface area contributed by atoms with Crippen LogP contribution in [0, 0.1) is 11.8 Å². The van der Waals surface area contributed by atoms with E-state index in [1.165, 1.54) is 6.92 Å². The van der Waals surface area contributed by atoms with Crippen molar-refractivity contribution in [1.82, 2.24) is 10.2 Å². The van der Waals surface area contributed by atoms with Gasteiger partial charge in [0.25, 0.3) is 0 Å². The van der Waals surface area contributed by atoms with Crippen molar-refractivity contribution in [2.75, 3.05) is 19.6 Å². The molecule has 0 aliphatic heterocycles. The predicted octanol–water partition coefficient (Wildman–Crippen LogP) is 2.33. The Hall–Kier alpha value is -1.47. The van der Waals surface area contributed by atoms with E-state index in [1.54, 1.807) is 0 Å². The second-order valence-corrected chi connectivity index (χ2v) is 4.98. The van der Waals surface area contributed by atoms with Gasteiger partial charge in [-0.25, -0.2) is 4.79 Å². The van der Waals surface area contributed by atoms with Crippen LogP contribution in [0.1, 0.15) is 27.2 Å². The number of carboxylic acids is 1. The van der Waals surface area contributed by atoms with Crippen LogP contribution >= 0.6 is 0 Å². The fourth-order valence-corrected chi connectivity index (χ4v) is 1.71. The Kier molecular flexibility index (Phi) is 7.38. The first-order chi connectivity index (χ1) is 9.06. The van der Waals surface area contributed by atoms with Crippen LogP contribution in [-0.2, 0) is 4.79 Å². The van der Waals surface area contributed by atoms with Crippen molar-refractivity contribution in [3.8, 4) is 0 Å². The molecule has 0 saturated carbocycles. The van der Waals surface area contributed by atoms with E-state index in [-0.39, 0.29) is 19.0 Å². The van der Waals surface area contributed by atoms with Crippen LogP contribution in [-0.4, -0.2) is 47.8 Å². The van der Waals surface area contributed by atoms with E-state index < -0.39 is 30.6 Å². The van der Waals surface area contributed by atoms with E-state index in [0.29, 0.717) is 11.3 Å². The zero-order chi connectivity index (χ0) is 15.9. The van der Waals surface area contributed by atoms with Crippen molar-refractivity contribution in [3.05, 3.63) is 0 Å². The van der Waals surface area contributed by atoms with Crippen LogP contribution in [0.25, 0.3) is 0 Å². The molecule has 0 rings (SSSR count). The van der Waals surface area contributed by atoms with E-state index in [4.69, 9.17) is 5.11 Å². The number of rotatable bonds is 7. The molecule has 0 aliphatic carbocycles. The van der Waals surface area contributed by atoms with E-state index in [2.05, 4.69) is 5.32 Å². The van der Waals surface area contributed by atoms with E-state index in [1.807, 2.05) is 13.8 Å². The maximum Gasteiger partial charge on any atom is 0.406 e. The summed E-state index contributed by atoms with van der Waals surface area (Å²) in [5.74, 6) is -1.76. The molecular weight excluding hydrogens is 277 g/mol. The summed E-state index contributed by atoms with van der Waals surface area (Å²) in [5.41, 5.74) is 0. The van der Waals surface area contributed by atoms with E-state index in [9.17, 15) is 22.8 Å². The standard InChI is InChI=1S/C12H21F3N2O3/c1-4-17(7-12(13,14)15)11(20)16-6-9(10(18)19)5-8(2)3/h8-9H,4-7H2,1-3H3,(H,16,20)(H,18,19). The molecule has 0 saturated heterocycles. The topological polar surface area (TPSA) is 69.6 Å². The SMILES string of the molecule is CCN(CC(F)(F)F)C(=O)NCC(CC(C)C)C(=O)O. The maximum atomic E-state index is 12.2. The third kappa shape index (κ3) is 7.85. The molecule has 0 aromatic carbocycles. The second kappa shape index (κ2) is 7.96. The largest absolute Gasteiger partial charge is 0.481 e. The first-order valence-electron chi connectivity index (χ1n) is 6.39. The minimum atomic E-state index is -4.47. The molecule has 0 radical (unpaired) electrons. The molecule has 2 amide bonds. The molecule has 0 bridgehead atoms. The summed E-state index contributed by atoms with van der Waals surface area (Å²) in [6, 6.07) is -0.903. The molecule has 0 heterocycles. The molecular formula is C12H21F3N2O3. The Bertz CT molecular complexity index is 332. The lowest BCUT2D eigenvalue weighted by Crippen LogP contribution is -2.46. The number of urea groups is 1. The van der Waals surface area contributed by atoms with Gasteiger partial charge in [-0.1, -0.05) is 13.8 Å². The van der Waals surface area contributed by atoms with Crippen molar-refractivity contribution < 1.29 is 27.9 Å². The van der Waals surface area contributed by atoms with Gasteiger partial charge in [-0.05, 0) is 19.3 Å². The van der Waals surface area contributed by atoms with Gasteiger partial charge in [-0.2, -0.15) is 13.2 Å². The summed E-state index contributed by atoms with van der Waals surface area (Å²) in [5, 5.41) is 11.2. The first-order valence-corrected chi connectivity index (χ1v) is 6.39. The monoisotopic (exact) mass is 298 g/mol. The Balaban J connectivity index is 4.45. The van der Waals surface area contributed by atoms with Crippen LogP contribution in [0.5, 0.6) is 0 Å². The molecule has 0 aromatic rings. The number of carboxylic acid groups (broad SMARTS) is 1. The second-order valence-electron chi connectivity index (χ2n) is 4.98. The van der Waals surface area contributed by atoms with Gasteiger partial charge in [0.05, 0.1) is 5.92 Å². The number of carbonyl (C=O) groups is 2. The highest BCUT2D eigenvalue weighted by molar-refractivity contribution is 5.76. The summed E-state index contributed by atoms with van der Waals surface area (Å²) in [6.07, 6.45) is -4.13. The van der Waals surface area contributed by atoms with Gasteiger partial charge < -0.3 is 15.3 Å². The average molecular weight is 298 g/mol. The zero-order valence-corrected chi connectivity index (χ0v) is 11.8. The number of hydrogen-bond acceptors (Lipinski definition) is 2. The number of nitrogens with zero attached hydrogens (tertiary/aromatic N) is 1. The highest BCUT2D eigenvalue weighted by Crippen LogP contribution is 2.16. The lowest BCUT2D eigenvalue weighted by Gasteiger charge is -2.24. The number of hydrogen-bond donors (Lipinski definition) is 2. The molecule has 1 unspecified atom stereocenters. The van der Waals surface area contributed by atoms with Gasteiger partial charge in [0.2, 0.25) is 0 Å². The normalized spacial score (nSPS) is 13.2. The third-order valence-electron chi connectivity index (χ3n) is 2.64. The zero-order valence-electron chi connectivity index (χ0n) is 11.8. The van der Waals surface area contributed by atoms with Crippen molar-refractivity contribution in [2.24, 2.45) is 11.8 Å². The van der Waals surface area contributed by atoms with Crippen molar-refractivity contribution in [2.45, 2.75) is 33.4 Å². The van der Waals surface area contributed by atoms with Crippen molar-refractivity contribution in [1.29, 1.82) is 0 Å². The highest BCUT2D eigenvalue weighted by Gasteiger charge is 2.32. The molecule has 5 nitrogen and oxygen atoms in total. The van der Waals surface area contributed by atoms with Gasteiger partial charge in [-0.3, -0.25) is 4.79 Å². The first kappa shape index (κ1) is 18.5. The van der Waals surface area contributed by atoms with Gasteiger partial charge >= 0.3 is 18.2 Å². The molecule has 8 heteroatoms. The Labute approximate surface area is 116 Å². The summed E-state index contributed by atoms with van der Waals surface area (Å²) in [6.45, 7) is 3.46. The van der Waals surface area contributed by atoms with Gasteiger partial charge in [0.15, 0.2) is 0 Å². The molecule has 1 atom stereocenters. The number of carbonyl (C=O) groups excluding carboxylic acids is 1. The summed E-state index contributed by atoms with van der Waals surface area (Å²) < 4.78 is 36.7. The van der Waals surface area contributed by atoms with Gasteiger partial charge in [0, 0.05) is 13.1 Å². The third-order valence-corrected chi connectivity index (χ3v) is 2.64. The summed E-state index contributed by atoms with van der Waals surface area (Å²) >= 11 is 0. The number of aliphatic carboxylic acids is 1. The number of alkyl halides is 3. The Morgan fingerprint density at radius 3 is 2.20 bits per heavy atom. The molecule has 0 spiro atoms. The van der Waals surface area contributed by atoms with E-state index in [0.717, 1.165) is 0 Å². The van der Waals surface area contributed by atoms with Crippen LogP contribution in [0.2, 0.25) is 0 Å². The molecule has 0 fully saturated rings.